The molecule has 1 aliphatic carbocycles. The molecule has 1 aliphatic rings. The van der Waals surface area contributed by atoms with Crippen molar-refractivity contribution in [2.45, 2.75) is 52.4 Å². The summed E-state index contributed by atoms with van der Waals surface area (Å²) < 4.78 is 5.45. The first-order chi connectivity index (χ1) is 7.83. The first kappa shape index (κ1) is 14.0. The van der Waals surface area contributed by atoms with Crippen LogP contribution in [-0.2, 0) is 4.74 Å². The van der Waals surface area contributed by atoms with Crippen molar-refractivity contribution in [1.29, 1.82) is 0 Å². The van der Waals surface area contributed by atoms with Gasteiger partial charge in [-0.15, -0.1) is 0 Å². The van der Waals surface area contributed by atoms with Gasteiger partial charge in [-0.2, -0.15) is 0 Å². The Hall–Kier alpha value is -0.0800. The minimum Gasteiger partial charge on any atom is -0.381 e. The van der Waals surface area contributed by atoms with Crippen molar-refractivity contribution in [3.63, 3.8) is 0 Å². The molecule has 0 aliphatic heterocycles. The lowest BCUT2D eigenvalue weighted by atomic mass is 9.83. The van der Waals surface area contributed by atoms with Crippen LogP contribution in [0.4, 0.5) is 0 Å². The zero-order valence-corrected chi connectivity index (χ0v) is 11.1. The molecule has 0 aromatic heterocycles. The summed E-state index contributed by atoms with van der Waals surface area (Å²) in [4.78, 5) is 0. The van der Waals surface area contributed by atoms with Crippen LogP contribution >= 0.6 is 0 Å². The van der Waals surface area contributed by atoms with E-state index in [-0.39, 0.29) is 0 Å². The van der Waals surface area contributed by atoms with Crippen LogP contribution in [0, 0.1) is 11.8 Å². The van der Waals surface area contributed by atoms with Gasteiger partial charge < -0.3 is 10.1 Å². The molecule has 0 aromatic carbocycles. The van der Waals surface area contributed by atoms with Gasteiger partial charge in [-0.3, -0.25) is 0 Å². The van der Waals surface area contributed by atoms with E-state index in [1.165, 1.54) is 32.2 Å². The van der Waals surface area contributed by atoms with Crippen LogP contribution in [0.25, 0.3) is 0 Å². The Bertz CT molecular complexity index is 153. The van der Waals surface area contributed by atoms with E-state index in [4.69, 9.17) is 4.74 Å². The summed E-state index contributed by atoms with van der Waals surface area (Å²) in [6.07, 6.45) is 8.02. The summed E-state index contributed by atoms with van der Waals surface area (Å²) in [5.74, 6) is 1.91. The first-order valence-corrected chi connectivity index (χ1v) is 7.11. The van der Waals surface area contributed by atoms with Gasteiger partial charge in [0, 0.05) is 13.2 Å². The van der Waals surface area contributed by atoms with Gasteiger partial charge in [0.1, 0.15) is 0 Å². The lowest BCUT2D eigenvalue weighted by Crippen LogP contribution is -2.27. The van der Waals surface area contributed by atoms with Crippen molar-refractivity contribution < 1.29 is 4.74 Å². The second-order valence-corrected chi connectivity index (χ2v) is 5.30. The molecule has 1 saturated carbocycles. The van der Waals surface area contributed by atoms with Crippen LogP contribution in [0.3, 0.4) is 0 Å². The van der Waals surface area contributed by atoms with Crippen molar-refractivity contribution >= 4 is 0 Å². The molecule has 0 radical (unpaired) electrons. The predicted molar refractivity (Wildman–Crippen MR) is 69.7 cm³/mol. The fourth-order valence-electron chi connectivity index (χ4n) is 2.39. The summed E-state index contributed by atoms with van der Waals surface area (Å²) in [6.45, 7) is 8.72. The highest BCUT2D eigenvalue weighted by Gasteiger charge is 2.17. The maximum atomic E-state index is 5.45. The van der Waals surface area contributed by atoms with Crippen LogP contribution < -0.4 is 5.32 Å². The molecule has 0 saturated heterocycles. The average Bonchev–Trinajstić information content (AvgIpc) is 2.30. The van der Waals surface area contributed by atoms with Crippen molar-refractivity contribution in [3.8, 4) is 0 Å². The largest absolute Gasteiger partial charge is 0.381 e. The molecule has 0 bridgehead atoms. The van der Waals surface area contributed by atoms with E-state index >= 15 is 0 Å². The smallest absolute Gasteiger partial charge is 0.0478 e. The van der Waals surface area contributed by atoms with Crippen LogP contribution in [0.1, 0.15) is 52.4 Å². The van der Waals surface area contributed by atoms with Crippen molar-refractivity contribution in [3.05, 3.63) is 0 Å². The number of hydrogen-bond acceptors (Lipinski definition) is 2. The highest BCUT2D eigenvalue weighted by molar-refractivity contribution is 4.71. The SMILES string of the molecule is CCCOCCCNCC1CCC(C)CC1. The molecule has 1 fully saturated rings. The molecule has 1 N–H and O–H groups in total. The van der Waals surface area contributed by atoms with Gasteiger partial charge in [-0.25, -0.2) is 0 Å². The number of rotatable bonds is 8. The van der Waals surface area contributed by atoms with E-state index in [9.17, 15) is 0 Å². The van der Waals surface area contributed by atoms with Gasteiger partial charge in [0.2, 0.25) is 0 Å². The van der Waals surface area contributed by atoms with Gasteiger partial charge in [0.25, 0.3) is 0 Å². The Morgan fingerprint density at radius 1 is 1.12 bits per heavy atom. The Morgan fingerprint density at radius 3 is 2.56 bits per heavy atom. The summed E-state index contributed by atoms with van der Waals surface area (Å²) >= 11 is 0. The molecule has 0 unspecified atom stereocenters. The fourth-order valence-corrected chi connectivity index (χ4v) is 2.39. The van der Waals surface area contributed by atoms with E-state index in [0.717, 1.165) is 44.4 Å². The zero-order valence-electron chi connectivity index (χ0n) is 11.1. The summed E-state index contributed by atoms with van der Waals surface area (Å²) in [7, 11) is 0. The molecule has 0 aromatic rings. The van der Waals surface area contributed by atoms with E-state index < -0.39 is 0 Å². The minimum absolute atomic E-state index is 0.917. The van der Waals surface area contributed by atoms with Crippen LogP contribution in [0.5, 0.6) is 0 Å². The quantitative estimate of drug-likeness (QED) is 0.643. The lowest BCUT2D eigenvalue weighted by molar-refractivity contribution is 0.131. The molecule has 0 heterocycles. The lowest BCUT2D eigenvalue weighted by Gasteiger charge is -2.26. The highest BCUT2D eigenvalue weighted by Crippen LogP contribution is 2.27. The topological polar surface area (TPSA) is 21.3 Å². The zero-order chi connectivity index (χ0) is 11.6. The normalized spacial score (nSPS) is 25.9. The van der Waals surface area contributed by atoms with Crippen LogP contribution in [0.2, 0.25) is 0 Å². The van der Waals surface area contributed by atoms with Gasteiger partial charge in [0.05, 0.1) is 0 Å². The van der Waals surface area contributed by atoms with Crippen LogP contribution in [0.15, 0.2) is 0 Å². The number of nitrogens with one attached hydrogen (secondary N) is 1. The van der Waals surface area contributed by atoms with Crippen LogP contribution in [-0.4, -0.2) is 26.3 Å². The third-order valence-corrected chi connectivity index (χ3v) is 3.56. The maximum Gasteiger partial charge on any atom is 0.0478 e. The molecule has 2 heteroatoms. The molecule has 0 spiro atoms. The number of hydrogen-bond donors (Lipinski definition) is 1. The predicted octanol–water partition coefficient (Wildman–Crippen LogP) is 3.22. The summed E-state index contributed by atoms with van der Waals surface area (Å²) in [6, 6.07) is 0. The molecule has 2 nitrogen and oxygen atoms in total. The van der Waals surface area contributed by atoms with E-state index in [0.29, 0.717) is 0 Å². The minimum atomic E-state index is 0.917. The van der Waals surface area contributed by atoms with E-state index in [1.807, 2.05) is 0 Å². The Labute approximate surface area is 101 Å². The van der Waals surface area contributed by atoms with Gasteiger partial charge in [0.15, 0.2) is 0 Å². The van der Waals surface area contributed by atoms with Gasteiger partial charge >= 0.3 is 0 Å². The third kappa shape index (κ3) is 6.49. The Morgan fingerprint density at radius 2 is 1.88 bits per heavy atom. The van der Waals surface area contributed by atoms with Gasteiger partial charge in [-0.1, -0.05) is 26.7 Å². The monoisotopic (exact) mass is 227 g/mol. The highest BCUT2D eigenvalue weighted by atomic mass is 16.5. The maximum absolute atomic E-state index is 5.45. The molecular formula is C14H29NO. The van der Waals surface area contributed by atoms with Crippen molar-refractivity contribution in [2.75, 3.05) is 26.3 Å². The average molecular weight is 227 g/mol. The first-order valence-electron chi connectivity index (χ1n) is 7.11. The molecule has 16 heavy (non-hydrogen) atoms. The molecule has 96 valence electrons. The van der Waals surface area contributed by atoms with E-state index in [2.05, 4.69) is 19.2 Å². The summed E-state index contributed by atoms with van der Waals surface area (Å²) in [5.41, 5.74) is 0. The van der Waals surface area contributed by atoms with Crippen molar-refractivity contribution in [1.82, 2.24) is 5.32 Å². The number of ether oxygens (including phenoxy) is 1. The molecule has 1 rings (SSSR count). The molecule has 0 amide bonds. The third-order valence-electron chi connectivity index (χ3n) is 3.56. The van der Waals surface area contributed by atoms with Gasteiger partial charge in [-0.05, 0) is 50.6 Å². The standard InChI is InChI=1S/C14H29NO/c1-3-10-16-11-4-9-15-12-14-7-5-13(2)6-8-14/h13-15H,3-12H2,1-2H3. The fraction of sp³-hybridized carbons (Fsp3) is 1.00. The van der Waals surface area contributed by atoms with Crippen molar-refractivity contribution in [2.24, 2.45) is 11.8 Å². The van der Waals surface area contributed by atoms with E-state index in [1.54, 1.807) is 0 Å². The Kier molecular flexibility index (Phi) is 7.87. The Balaban J connectivity index is 1.84. The molecular weight excluding hydrogens is 198 g/mol. The summed E-state index contributed by atoms with van der Waals surface area (Å²) in [5, 5.41) is 3.57. The second-order valence-electron chi connectivity index (χ2n) is 5.30. The second kappa shape index (κ2) is 9.00. The molecule has 0 atom stereocenters.